The number of hydrogen-bond donors (Lipinski definition) is 0. The zero-order valence-corrected chi connectivity index (χ0v) is 19.0. The number of aromatic nitrogens is 3. The molecule has 0 saturated heterocycles. The van der Waals surface area contributed by atoms with Gasteiger partial charge in [0.15, 0.2) is 0 Å². The van der Waals surface area contributed by atoms with Crippen molar-refractivity contribution in [1.82, 2.24) is 14.8 Å². The van der Waals surface area contributed by atoms with Crippen molar-refractivity contribution in [2.75, 3.05) is 6.61 Å². The number of aryl methyl sites for hydroxylation is 1. The van der Waals surface area contributed by atoms with E-state index in [1.807, 2.05) is 42.8 Å². The molecule has 0 fully saturated rings. The number of benzene rings is 1. The van der Waals surface area contributed by atoms with E-state index in [0.29, 0.717) is 17.3 Å². The fourth-order valence-corrected chi connectivity index (χ4v) is 3.79. The minimum atomic E-state index is -0.511. The average molecular weight is 460 g/mol. The van der Waals surface area contributed by atoms with Gasteiger partial charge in [-0.3, -0.25) is 4.68 Å². The molecule has 31 heavy (non-hydrogen) atoms. The van der Waals surface area contributed by atoms with Gasteiger partial charge in [-0.05, 0) is 38.5 Å². The van der Waals surface area contributed by atoms with Gasteiger partial charge in [0.25, 0.3) is 0 Å². The van der Waals surface area contributed by atoms with Gasteiger partial charge in [0.05, 0.1) is 24.5 Å². The summed E-state index contributed by atoms with van der Waals surface area (Å²) in [4.78, 5) is 27.9. The predicted octanol–water partition coefficient (Wildman–Crippen LogP) is 4.59. The van der Waals surface area contributed by atoms with Gasteiger partial charge in [-0.25, -0.2) is 14.6 Å². The second-order valence-electron chi connectivity index (χ2n) is 6.64. The normalized spacial score (nSPS) is 11.1. The van der Waals surface area contributed by atoms with Crippen LogP contribution in [0, 0.1) is 13.8 Å². The van der Waals surface area contributed by atoms with Gasteiger partial charge in [0, 0.05) is 27.7 Å². The number of hydrogen-bond acceptors (Lipinski definition) is 7. The Morgan fingerprint density at radius 2 is 2.00 bits per heavy atom. The van der Waals surface area contributed by atoms with Gasteiger partial charge in [0.1, 0.15) is 6.61 Å². The van der Waals surface area contributed by atoms with E-state index in [1.165, 1.54) is 6.08 Å². The first-order valence-corrected chi connectivity index (χ1v) is 10.9. The third-order valence-corrected chi connectivity index (χ3v) is 5.71. The molecule has 9 heteroatoms. The van der Waals surface area contributed by atoms with Crippen LogP contribution in [0.3, 0.4) is 0 Å². The summed E-state index contributed by atoms with van der Waals surface area (Å²) < 4.78 is 12.0. The third-order valence-electron chi connectivity index (χ3n) is 4.47. The van der Waals surface area contributed by atoms with E-state index in [9.17, 15) is 9.59 Å². The van der Waals surface area contributed by atoms with Crippen molar-refractivity contribution in [2.45, 2.75) is 33.9 Å². The van der Waals surface area contributed by atoms with Crippen LogP contribution >= 0.6 is 22.9 Å². The van der Waals surface area contributed by atoms with E-state index in [-0.39, 0.29) is 18.2 Å². The SMILES string of the molecule is CCOC(=O)c1nc(COC(=O)C=Cc2c(C)nn(Cc3ccccc3Cl)c2C)cs1. The Morgan fingerprint density at radius 1 is 1.23 bits per heavy atom. The monoisotopic (exact) mass is 459 g/mol. The molecule has 0 bridgehead atoms. The predicted molar refractivity (Wildman–Crippen MR) is 119 cm³/mol. The second kappa shape index (κ2) is 10.4. The van der Waals surface area contributed by atoms with Crippen LogP contribution in [0.5, 0.6) is 0 Å². The number of nitrogens with zero attached hydrogens (tertiary/aromatic N) is 3. The first-order valence-electron chi connectivity index (χ1n) is 9.62. The van der Waals surface area contributed by atoms with Crippen molar-refractivity contribution in [2.24, 2.45) is 0 Å². The lowest BCUT2D eigenvalue weighted by Crippen LogP contribution is -2.05. The van der Waals surface area contributed by atoms with E-state index in [2.05, 4.69) is 10.1 Å². The Hall–Kier alpha value is -2.97. The highest BCUT2D eigenvalue weighted by Gasteiger charge is 2.14. The van der Waals surface area contributed by atoms with Gasteiger partial charge in [-0.15, -0.1) is 11.3 Å². The molecule has 0 aliphatic heterocycles. The summed E-state index contributed by atoms with van der Waals surface area (Å²) in [6, 6.07) is 7.62. The zero-order valence-electron chi connectivity index (χ0n) is 17.4. The minimum Gasteiger partial charge on any atom is -0.461 e. The average Bonchev–Trinajstić information content (AvgIpc) is 3.32. The van der Waals surface area contributed by atoms with Gasteiger partial charge in [-0.1, -0.05) is 29.8 Å². The number of carbonyl (C=O) groups excluding carboxylic acids is 2. The quantitative estimate of drug-likeness (QED) is 0.362. The Labute approximate surface area is 189 Å². The standard InChI is InChI=1S/C22H22ClN3O4S/c1-4-29-22(28)21-24-17(13-31-21)12-30-20(27)10-9-18-14(2)25-26(15(18)3)11-16-7-5-6-8-19(16)23/h5-10,13H,4,11-12H2,1-3H3. The molecule has 0 spiro atoms. The Bertz CT molecular complexity index is 1120. The van der Waals surface area contributed by atoms with Crippen molar-refractivity contribution >= 4 is 41.0 Å². The largest absolute Gasteiger partial charge is 0.461 e. The molecule has 3 rings (SSSR count). The summed E-state index contributed by atoms with van der Waals surface area (Å²) in [5.74, 6) is -0.993. The molecule has 7 nitrogen and oxygen atoms in total. The van der Waals surface area contributed by atoms with Crippen molar-refractivity contribution in [3.05, 3.63) is 74.0 Å². The fourth-order valence-electron chi connectivity index (χ4n) is 2.90. The lowest BCUT2D eigenvalue weighted by Gasteiger charge is -2.06. The molecule has 162 valence electrons. The number of ether oxygens (including phenoxy) is 2. The van der Waals surface area contributed by atoms with Crippen LogP contribution in [-0.2, 0) is 27.4 Å². The van der Waals surface area contributed by atoms with E-state index >= 15 is 0 Å². The van der Waals surface area contributed by atoms with Crippen LogP contribution in [-0.4, -0.2) is 33.3 Å². The van der Waals surface area contributed by atoms with Gasteiger partial charge >= 0.3 is 11.9 Å². The molecule has 2 aromatic heterocycles. The molecule has 0 atom stereocenters. The summed E-state index contributed by atoms with van der Waals surface area (Å²) >= 11 is 7.40. The Morgan fingerprint density at radius 3 is 2.74 bits per heavy atom. The second-order valence-corrected chi connectivity index (χ2v) is 7.90. The minimum absolute atomic E-state index is 0.0250. The van der Waals surface area contributed by atoms with Gasteiger partial charge in [-0.2, -0.15) is 5.10 Å². The van der Waals surface area contributed by atoms with E-state index in [0.717, 1.165) is 33.9 Å². The summed E-state index contributed by atoms with van der Waals surface area (Å²) in [5.41, 5.74) is 4.03. The summed E-state index contributed by atoms with van der Waals surface area (Å²) in [7, 11) is 0. The van der Waals surface area contributed by atoms with Crippen molar-refractivity contribution in [3.63, 3.8) is 0 Å². The third kappa shape index (κ3) is 5.80. The van der Waals surface area contributed by atoms with Crippen molar-refractivity contribution < 1.29 is 19.1 Å². The van der Waals surface area contributed by atoms with Crippen molar-refractivity contribution in [3.8, 4) is 0 Å². The molecule has 0 saturated carbocycles. The fraction of sp³-hybridized carbons (Fsp3) is 0.273. The molecule has 0 amide bonds. The molecule has 1 aromatic carbocycles. The number of carbonyl (C=O) groups is 2. The number of rotatable bonds is 8. The van der Waals surface area contributed by atoms with Gasteiger partial charge < -0.3 is 9.47 Å². The highest BCUT2D eigenvalue weighted by Crippen LogP contribution is 2.20. The Kier molecular flexibility index (Phi) is 7.59. The number of halogens is 1. The molecular formula is C22H22ClN3O4S. The van der Waals surface area contributed by atoms with Crippen LogP contribution in [0.25, 0.3) is 6.08 Å². The summed E-state index contributed by atoms with van der Waals surface area (Å²) in [5, 5.41) is 7.14. The zero-order chi connectivity index (χ0) is 22.4. The molecule has 0 aliphatic rings. The lowest BCUT2D eigenvalue weighted by atomic mass is 10.1. The maximum Gasteiger partial charge on any atom is 0.367 e. The van der Waals surface area contributed by atoms with Crippen molar-refractivity contribution in [1.29, 1.82) is 0 Å². The summed E-state index contributed by atoms with van der Waals surface area (Å²) in [6.07, 6.45) is 3.05. The molecule has 3 aromatic rings. The van der Waals surface area contributed by atoms with Crippen LogP contribution in [0.1, 0.15) is 44.9 Å². The number of esters is 2. The Balaban J connectivity index is 1.61. The molecule has 0 N–H and O–H groups in total. The first-order chi connectivity index (χ1) is 14.9. The molecule has 0 unspecified atom stereocenters. The van der Waals surface area contributed by atoms with Crippen LogP contribution < -0.4 is 0 Å². The molecular weight excluding hydrogens is 438 g/mol. The van der Waals surface area contributed by atoms with Crippen LogP contribution in [0.15, 0.2) is 35.7 Å². The molecule has 0 radical (unpaired) electrons. The molecule has 2 heterocycles. The number of thiazole rings is 1. The molecule has 0 aliphatic carbocycles. The van der Waals surface area contributed by atoms with E-state index < -0.39 is 11.9 Å². The topological polar surface area (TPSA) is 83.3 Å². The van der Waals surface area contributed by atoms with E-state index in [1.54, 1.807) is 18.4 Å². The lowest BCUT2D eigenvalue weighted by molar-refractivity contribution is -0.139. The maximum atomic E-state index is 12.1. The summed E-state index contributed by atoms with van der Waals surface area (Å²) in [6.45, 7) is 6.34. The smallest absolute Gasteiger partial charge is 0.367 e. The maximum absolute atomic E-state index is 12.1. The van der Waals surface area contributed by atoms with Crippen LogP contribution in [0.2, 0.25) is 5.02 Å². The van der Waals surface area contributed by atoms with E-state index in [4.69, 9.17) is 21.1 Å². The highest BCUT2D eigenvalue weighted by molar-refractivity contribution is 7.11. The highest BCUT2D eigenvalue weighted by atomic mass is 35.5. The first kappa shape index (κ1) is 22.7. The van der Waals surface area contributed by atoms with Crippen LogP contribution in [0.4, 0.5) is 0 Å². The van der Waals surface area contributed by atoms with Gasteiger partial charge in [0.2, 0.25) is 5.01 Å².